The summed E-state index contributed by atoms with van der Waals surface area (Å²) in [4.78, 5) is 12.1. The van der Waals surface area contributed by atoms with Gasteiger partial charge in [0.2, 0.25) is 0 Å². The molecule has 4 aromatic rings. The number of hydrogen-bond acceptors (Lipinski definition) is 7. The van der Waals surface area contributed by atoms with Gasteiger partial charge in [0, 0.05) is 29.3 Å². The first-order valence-corrected chi connectivity index (χ1v) is 10.6. The van der Waals surface area contributed by atoms with Gasteiger partial charge < -0.3 is 14.3 Å². The average molecular weight is 436 g/mol. The number of allylic oxidation sites excluding steroid dienone is 1. The van der Waals surface area contributed by atoms with Crippen LogP contribution in [0.4, 0.5) is 0 Å². The van der Waals surface area contributed by atoms with Crippen molar-refractivity contribution in [3.63, 3.8) is 0 Å². The Labute approximate surface area is 183 Å². The van der Waals surface area contributed by atoms with Gasteiger partial charge in [-0.3, -0.25) is 4.57 Å². The van der Waals surface area contributed by atoms with Crippen molar-refractivity contribution >= 4 is 22.7 Å². The third-order valence-corrected chi connectivity index (χ3v) is 5.97. The summed E-state index contributed by atoms with van der Waals surface area (Å²) in [7, 11) is 1.62. The molecule has 0 aliphatic carbocycles. The quantitative estimate of drug-likeness (QED) is 0.259. The molecule has 8 heteroatoms. The maximum Gasteiger partial charge on any atom is 0.336 e. The number of ether oxygens (including phenoxy) is 1. The van der Waals surface area contributed by atoms with Gasteiger partial charge in [0.05, 0.1) is 12.7 Å². The topological polar surface area (TPSA) is 90.4 Å². The molecule has 0 aliphatic rings. The number of phenolic OH excluding ortho intramolecular Hbond substituents is 1. The van der Waals surface area contributed by atoms with E-state index in [1.807, 2.05) is 28.8 Å². The van der Waals surface area contributed by atoms with E-state index in [0.29, 0.717) is 40.2 Å². The van der Waals surface area contributed by atoms with Crippen LogP contribution in [0.3, 0.4) is 0 Å². The maximum absolute atomic E-state index is 12.1. The molecule has 0 unspecified atom stereocenters. The highest BCUT2D eigenvalue weighted by atomic mass is 32.2. The van der Waals surface area contributed by atoms with Crippen LogP contribution in [0.5, 0.6) is 11.5 Å². The standard InChI is InChI=1S/C23H21N3O4S/c1-4-11-26-22(17-7-5-6-8-19(17)29-3)24-25-23(26)31-13-15-12-20(28)30-21-14(2)18(27)10-9-16(15)21/h4-10,12,27H,1,11,13H2,2-3H3. The fourth-order valence-corrected chi connectivity index (χ4v) is 4.33. The first-order valence-electron chi connectivity index (χ1n) is 9.59. The number of thioether (sulfide) groups is 1. The summed E-state index contributed by atoms with van der Waals surface area (Å²) in [6.45, 7) is 6.09. The Morgan fingerprint density at radius 1 is 1.26 bits per heavy atom. The molecule has 31 heavy (non-hydrogen) atoms. The predicted molar refractivity (Wildman–Crippen MR) is 121 cm³/mol. The lowest BCUT2D eigenvalue weighted by Gasteiger charge is -2.11. The smallest absolute Gasteiger partial charge is 0.336 e. The molecule has 0 fully saturated rings. The van der Waals surface area contributed by atoms with Crippen molar-refractivity contribution in [2.24, 2.45) is 0 Å². The Bertz CT molecular complexity index is 1330. The Hall–Kier alpha value is -3.52. The van der Waals surface area contributed by atoms with Gasteiger partial charge in [-0.15, -0.1) is 16.8 Å². The van der Waals surface area contributed by atoms with Crippen molar-refractivity contribution in [1.82, 2.24) is 14.8 Å². The predicted octanol–water partition coefficient (Wildman–Crippen LogP) is 4.55. The van der Waals surface area contributed by atoms with Crippen LogP contribution in [0, 0.1) is 6.92 Å². The first-order chi connectivity index (χ1) is 15.0. The monoisotopic (exact) mass is 435 g/mol. The van der Waals surface area contributed by atoms with Crippen LogP contribution in [-0.4, -0.2) is 27.0 Å². The molecular weight excluding hydrogens is 414 g/mol. The second-order valence-corrected chi connectivity index (χ2v) is 7.81. The van der Waals surface area contributed by atoms with E-state index in [1.54, 1.807) is 32.2 Å². The number of benzene rings is 2. The van der Waals surface area contributed by atoms with E-state index in [1.165, 1.54) is 17.8 Å². The molecule has 0 aliphatic heterocycles. The zero-order chi connectivity index (χ0) is 22.0. The van der Waals surface area contributed by atoms with E-state index in [9.17, 15) is 9.90 Å². The molecule has 0 spiro atoms. The van der Waals surface area contributed by atoms with E-state index in [4.69, 9.17) is 9.15 Å². The highest BCUT2D eigenvalue weighted by Gasteiger charge is 2.18. The normalized spacial score (nSPS) is 11.0. The molecule has 2 aromatic heterocycles. The van der Waals surface area contributed by atoms with Crippen molar-refractivity contribution < 1.29 is 14.3 Å². The van der Waals surface area contributed by atoms with Crippen LogP contribution < -0.4 is 10.4 Å². The van der Waals surface area contributed by atoms with Crippen LogP contribution in [0.15, 0.2) is 69.5 Å². The molecule has 0 bridgehead atoms. The Morgan fingerprint density at radius 2 is 2.06 bits per heavy atom. The fourth-order valence-electron chi connectivity index (χ4n) is 3.40. The highest BCUT2D eigenvalue weighted by molar-refractivity contribution is 7.98. The summed E-state index contributed by atoms with van der Waals surface area (Å²) < 4.78 is 12.8. The van der Waals surface area contributed by atoms with Crippen LogP contribution in [0.25, 0.3) is 22.4 Å². The van der Waals surface area contributed by atoms with E-state index >= 15 is 0 Å². The number of aromatic hydroxyl groups is 1. The van der Waals surface area contributed by atoms with Crippen LogP contribution in [0.1, 0.15) is 11.1 Å². The number of aryl methyl sites for hydroxylation is 1. The number of hydrogen-bond donors (Lipinski definition) is 1. The zero-order valence-electron chi connectivity index (χ0n) is 17.2. The number of methoxy groups -OCH3 is 1. The third-order valence-electron chi connectivity index (χ3n) is 4.95. The molecule has 0 saturated carbocycles. The number of rotatable bonds is 7. The number of aromatic nitrogens is 3. The molecule has 2 aromatic carbocycles. The number of nitrogens with zero attached hydrogens (tertiary/aromatic N) is 3. The minimum absolute atomic E-state index is 0.0904. The van der Waals surface area contributed by atoms with Crippen LogP contribution in [-0.2, 0) is 12.3 Å². The van der Waals surface area contributed by atoms with Gasteiger partial charge in [-0.2, -0.15) is 0 Å². The average Bonchev–Trinajstić information content (AvgIpc) is 3.17. The summed E-state index contributed by atoms with van der Waals surface area (Å²) in [5, 5.41) is 20.2. The lowest BCUT2D eigenvalue weighted by Crippen LogP contribution is -2.03. The van der Waals surface area contributed by atoms with Gasteiger partial charge in [0.1, 0.15) is 17.1 Å². The molecule has 2 heterocycles. The van der Waals surface area contributed by atoms with E-state index < -0.39 is 5.63 Å². The summed E-state index contributed by atoms with van der Waals surface area (Å²) in [6.07, 6.45) is 1.78. The van der Waals surface area contributed by atoms with Gasteiger partial charge in [0.25, 0.3) is 0 Å². The molecule has 1 N–H and O–H groups in total. The van der Waals surface area contributed by atoms with Gasteiger partial charge in [-0.25, -0.2) is 4.79 Å². The summed E-state index contributed by atoms with van der Waals surface area (Å²) in [5.74, 6) is 1.96. The summed E-state index contributed by atoms with van der Waals surface area (Å²) >= 11 is 1.46. The van der Waals surface area contributed by atoms with Crippen LogP contribution >= 0.6 is 11.8 Å². The summed E-state index contributed by atoms with van der Waals surface area (Å²) in [5.41, 5.74) is 2.11. The number of fused-ring (bicyclic) bond motifs is 1. The Kier molecular flexibility index (Phi) is 5.81. The maximum atomic E-state index is 12.1. The number of para-hydroxylation sites is 1. The molecular formula is C23H21N3O4S. The van der Waals surface area contributed by atoms with E-state index in [-0.39, 0.29) is 5.75 Å². The number of phenols is 1. The molecule has 0 atom stereocenters. The lowest BCUT2D eigenvalue weighted by molar-refractivity contribution is 0.416. The van der Waals surface area contributed by atoms with Crippen LogP contribution in [0.2, 0.25) is 0 Å². The highest BCUT2D eigenvalue weighted by Crippen LogP contribution is 2.33. The second-order valence-electron chi connectivity index (χ2n) is 6.87. The molecule has 0 saturated heterocycles. The van der Waals surface area contributed by atoms with E-state index in [0.717, 1.165) is 16.5 Å². The largest absolute Gasteiger partial charge is 0.508 e. The molecule has 158 valence electrons. The van der Waals surface area contributed by atoms with E-state index in [2.05, 4.69) is 16.8 Å². The van der Waals surface area contributed by atoms with Gasteiger partial charge in [-0.05, 0) is 36.8 Å². The van der Waals surface area contributed by atoms with Crippen molar-refractivity contribution in [1.29, 1.82) is 0 Å². The molecule has 7 nitrogen and oxygen atoms in total. The van der Waals surface area contributed by atoms with Crippen molar-refractivity contribution in [2.75, 3.05) is 7.11 Å². The SMILES string of the molecule is C=CCn1c(SCc2cc(=O)oc3c(C)c(O)ccc23)nnc1-c1ccccc1OC. The molecule has 0 amide bonds. The van der Waals surface area contributed by atoms with Gasteiger partial charge in [0.15, 0.2) is 11.0 Å². The molecule has 0 radical (unpaired) electrons. The fraction of sp³-hybridized carbons (Fsp3) is 0.174. The van der Waals surface area contributed by atoms with Crippen molar-refractivity contribution in [3.8, 4) is 22.9 Å². The third kappa shape index (κ3) is 3.94. The lowest BCUT2D eigenvalue weighted by atomic mass is 10.1. The second kappa shape index (κ2) is 8.69. The van der Waals surface area contributed by atoms with Crippen molar-refractivity contribution in [3.05, 3.63) is 76.7 Å². The van der Waals surface area contributed by atoms with Crippen molar-refractivity contribution in [2.45, 2.75) is 24.4 Å². The summed E-state index contributed by atoms with van der Waals surface area (Å²) in [6, 6.07) is 12.5. The Morgan fingerprint density at radius 3 is 2.84 bits per heavy atom. The first kappa shape index (κ1) is 20.7. The molecule has 4 rings (SSSR count). The Balaban J connectivity index is 1.72. The zero-order valence-corrected chi connectivity index (χ0v) is 18.0. The van der Waals surface area contributed by atoms with Gasteiger partial charge >= 0.3 is 5.63 Å². The minimum atomic E-state index is -0.459. The van der Waals surface area contributed by atoms with Gasteiger partial charge in [-0.1, -0.05) is 30.0 Å². The minimum Gasteiger partial charge on any atom is -0.508 e.